The van der Waals surface area contributed by atoms with Crippen molar-refractivity contribution >= 4 is 29.3 Å². The lowest BCUT2D eigenvalue weighted by atomic mass is 10.1. The molecule has 0 radical (unpaired) electrons. The van der Waals surface area contributed by atoms with E-state index < -0.39 is 0 Å². The topological polar surface area (TPSA) is 58.6 Å². The first-order valence-electron chi connectivity index (χ1n) is 7.96. The zero-order chi connectivity index (χ0) is 18.2. The number of hydrogen-bond acceptors (Lipinski definition) is 3. The van der Waals surface area contributed by atoms with Crippen LogP contribution in [0.1, 0.15) is 24.9 Å². The molecule has 0 aliphatic heterocycles. The first kappa shape index (κ1) is 18.8. The predicted molar refractivity (Wildman–Crippen MR) is 98.7 cm³/mol. The van der Waals surface area contributed by atoms with Crippen LogP contribution in [0.3, 0.4) is 0 Å². The zero-order valence-electron chi connectivity index (χ0n) is 14.2. The van der Waals surface area contributed by atoms with Crippen LogP contribution in [0.5, 0.6) is 0 Å². The van der Waals surface area contributed by atoms with Gasteiger partial charge in [-0.05, 0) is 30.7 Å². The van der Waals surface area contributed by atoms with Gasteiger partial charge in [-0.2, -0.15) is 0 Å². The number of nitrogens with one attached hydrogen (secondary N) is 1. The smallest absolute Gasteiger partial charge is 0.322 e. The minimum absolute atomic E-state index is 0.122. The van der Waals surface area contributed by atoms with Crippen molar-refractivity contribution in [2.24, 2.45) is 0 Å². The third-order valence-electron chi connectivity index (χ3n) is 3.87. The summed E-state index contributed by atoms with van der Waals surface area (Å²) in [5.41, 5.74) is 1.58. The highest BCUT2D eigenvalue weighted by Gasteiger charge is 2.22. The highest BCUT2D eigenvalue weighted by molar-refractivity contribution is 6.30. The van der Waals surface area contributed by atoms with Crippen LogP contribution in [-0.4, -0.2) is 30.6 Å². The Balaban J connectivity index is 2.17. The number of hydrogen-bond donors (Lipinski definition) is 1. The second-order valence-corrected chi connectivity index (χ2v) is 5.98. The van der Waals surface area contributed by atoms with Crippen molar-refractivity contribution in [3.63, 3.8) is 0 Å². The summed E-state index contributed by atoms with van der Waals surface area (Å²) in [4.78, 5) is 25.9. The van der Waals surface area contributed by atoms with Crippen molar-refractivity contribution in [2.75, 3.05) is 19.0 Å². The first-order chi connectivity index (χ1) is 12.0. The van der Waals surface area contributed by atoms with Gasteiger partial charge in [-0.3, -0.25) is 4.79 Å². The fourth-order valence-corrected chi connectivity index (χ4v) is 2.65. The van der Waals surface area contributed by atoms with Crippen LogP contribution in [-0.2, 0) is 9.53 Å². The molecule has 132 valence electrons. The highest BCUT2D eigenvalue weighted by atomic mass is 35.5. The number of ether oxygens (including phenoxy) is 1. The van der Waals surface area contributed by atoms with E-state index in [4.69, 9.17) is 11.6 Å². The van der Waals surface area contributed by atoms with Gasteiger partial charge in [0.05, 0.1) is 19.6 Å². The number of carbonyl (C=O) groups excluding carboxylic acids is 2. The molecule has 1 N–H and O–H groups in total. The Kier molecular flexibility index (Phi) is 6.83. The molecule has 2 amide bonds. The molecular weight excluding hydrogens is 340 g/mol. The van der Waals surface area contributed by atoms with E-state index in [-0.39, 0.29) is 31.0 Å². The van der Waals surface area contributed by atoms with Crippen LogP contribution < -0.4 is 5.32 Å². The number of rotatable bonds is 6. The summed E-state index contributed by atoms with van der Waals surface area (Å²) in [5.74, 6) is -0.360. The van der Waals surface area contributed by atoms with Gasteiger partial charge in [0.15, 0.2) is 0 Å². The number of amides is 2. The lowest BCUT2D eigenvalue weighted by Gasteiger charge is -2.29. The molecule has 25 heavy (non-hydrogen) atoms. The number of nitrogens with zero attached hydrogens (tertiary/aromatic N) is 1. The van der Waals surface area contributed by atoms with Gasteiger partial charge in [-0.15, -0.1) is 0 Å². The van der Waals surface area contributed by atoms with E-state index in [0.717, 1.165) is 5.56 Å². The van der Waals surface area contributed by atoms with E-state index in [1.807, 2.05) is 37.3 Å². The van der Waals surface area contributed by atoms with Crippen LogP contribution in [0.4, 0.5) is 10.5 Å². The summed E-state index contributed by atoms with van der Waals surface area (Å²) in [6, 6.07) is 16.1. The predicted octanol–water partition coefficient (Wildman–Crippen LogP) is 4.50. The van der Waals surface area contributed by atoms with Crippen LogP contribution in [0, 0.1) is 0 Å². The van der Waals surface area contributed by atoms with Gasteiger partial charge in [0.25, 0.3) is 0 Å². The fourth-order valence-electron chi connectivity index (χ4n) is 2.46. The third-order valence-corrected chi connectivity index (χ3v) is 4.11. The Morgan fingerprint density at radius 2 is 1.88 bits per heavy atom. The maximum atomic E-state index is 12.8. The van der Waals surface area contributed by atoms with E-state index in [9.17, 15) is 9.59 Å². The van der Waals surface area contributed by atoms with Gasteiger partial charge in [-0.1, -0.05) is 48.0 Å². The van der Waals surface area contributed by atoms with Gasteiger partial charge in [0, 0.05) is 17.3 Å². The average Bonchev–Trinajstić information content (AvgIpc) is 2.62. The minimum Gasteiger partial charge on any atom is -0.469 e. The molecule has 0 saturated carbocycles. The zero-order valence-corrected chi connectivity index (χ0v) is 15.0. The average molecular weight is 361 g/mol. The highest BCUT2D eigenvalue weighted by Crippen LogP contribution is 2.22. The Bertz CT molecular complexity index is 722. The second-order valence-electron chi connectivity index (χ2n) is 5.55. The number of urea groups is 1. The lowest BCUT2D eigenvalue weighted by molar-refractivity contribution is -0.140. The summed E-state index contributed by atoms with van der Waals surface area (Å²) in [6.07, 6.45) is 0.122. The SMILES string of the molecule is COC(=O)CCN(C(=O)Nc1cccc(Cl)c1)C(C)c1ccccc1. The Hall–Kier alpha value is -2.53. The largest absolute Gasteiger partial charge is 0.469 e. The standard InChI is InChI=1S/C19H21ClN2O3/c1-14(15-7-4-3-5-8-15)22(12-11-18(23)25-2)19(24)21-17-10-6-9-16(20)13-17/h3-10,13-14H,11-12H2,1-2H3,(H,21,24). The van der Waals surface area contributed by atoms with E-state index in [1.54, 1.807) is 29.2 Å². The number of benzene rings is 2. The van der Waals surface area contributed by atoms with E-state index in [2.05, 4.69) is 10.1 Å². The molecule has 0 bridgehead atoms. The molecule has 0 heterocycles. The van der Waals surface area contributed by atoms with Crippen LogP contribution in [0.2, 0.25) is 5.02 Å². The molecule has 0 fully saturated rings. The van der Waals surface area contributed by atoms with Crippen LogP contribution in [0.25, 0.3) is 0 Å². The summed E-state index contributed by atoms with van der Waals surface area (Å²) in [5, 5.41) is 3.36. The number of halogens is 1. The molecule has 2 rings (SSSR count). The van der Waals surface area contributed by atoms with Gasteiger partial charge in [0.2, 0.25) is 0 Å². The van der Waals surface area contributed by atoms with Crippen molar-refractivity contribution in [3.05, 3.63) is 65.2 Å². The molecule has 1 unspecified atom stereocenters. The number of esters is 1. The van der Waals surface area contributed by atoms with Crippen molar-refractivity contribution in [2.45, 2.75) is 19.4 Å². The number of carbonyl (C=O) groups is 2. The molecule has 0 aliphatic rings. The van der Waals surface area contributed by atoms with E-state index >= 15 is 0 Å². The normalized spacial score (nSPS) is 11.5. The maximum Gasteiger partial charge on any atom is 0.322 e. The fraction of sp³-hybridized carbons (Fsp3) is 0.263. The van der Waals surface area contributed by atoms with Crippen molar-refractivity contribution in [3.8, 4) is 0 Å². The van der Waals surface area contributed by atoms with Crippen LogP contribution in [0.15, 0.2) is 54.6 Å². The van der Waals surface area contributed by atoms with Gasteiger partial charge >= 0.3 is 12.0 Å². The quantitative estimate of drug-likeness (QED) is 0.771. The molecule has 0 aliphatic carbocycles. The Morgan fingerprint density at radius 3 is 2.52 bits per heavy atom. The molecule has 0 saturated heterocycles. The summed E-state index contributed by atoms with van der Waals surface area (Å²) < 4.78 is 4.69. The first-order valence-corrected chi connectivity index (χ1v) is 8.34. The van der Waals surface area contributed by atoms with Gasteiger partial charge < -0.3 is 15.0 Å². The molecule has 6 heteroatoms. The van der Waals surface area contributed by atoms with Crippen molar-refractivity contribution < 1.29 is 14.3 Å². The molecule has 2 aromatic rings. The molecule has 0 aromatic heterocycles. The van der Waals surface area contributed by atoms with Crippen molar-refractivity contribution in [1.29, 1.82) is 0 Å². The monoisotopic (exact) mass is 360 g/mol. The second kappa shape index (κ2) is 9.08. The molecular formula is C19H21ClN2O3. The maximum absolute atomic E-state index is 12.8. The van der Waals surface area contributed by atoms with Gasteiger partial charge in [0.1, 0.15) is 0 Å². The summed E-state index contributed by atoms with van der Waals surface area (Å²) in [7, 11) is 1.33. The lowest BCUT2D eigenvalue weighted by Crippen LogP contribution is -2.38. The molecule has 5 nitrogen and oxygen atoms in total. The Morgan fingerprint density at radius 1 is 1.16 bits per heavy atom. The van der Waals surface area contributed by atoms with Gasteiger partial charge in [-0.25, -0.2) is 4.79 Å². The van der Waals surface area contributed by atoms with E-state index in [0.29, 0.717) is 10.7 Å². The van der Waals surface area contributed by atoms with Crippen LogP contribution >= 0.6 is 11.6 Å². The number of methoxy groups -OCH3 is 1. The summed E-state index contributed by atoms with van der Waals surface area (Å²) in [6.45, 7) is 2.17. The van der Waals surface area contributed by atoms with E-state index in [1.165, 1.54) is 7.11 Å². The molecule has 0 spiro atoms. The Labute approximate surface area is 152 Å². The summed E-state index contributed by atoms with van der Waals surface area (Å²) >= 11 is 5.96. The molecule has 1 atom stereocenters. The minimum atomic E-state index is -0.360. The van der Waals surface area contributed by atoms with Crippen molar-refractivity contribution in [1.82, 2.24) is 4.90 Å². The third kappa shape index (κ3) is 5.50. The molecule has 2 aromatic carbocycles. The number of anilines is 1.